The number of rotatable bonds is 4. The molecule has 4 heteroatoms. The minimum Gasteiger partial charge on any atom is -0.478 e. The van der Waals surface area contributed by atoms with Crippen molar-refractivity contribution >= 4 is 11.7 Å². The van der Waals surface area contributed by atoms with Crippen LogP contribution in [0.2, 0.25) is 0 Å². The number of aliphatic hydroxyl groups is 1. The summed E-state index contributed by atoms with van der Waals surface area (Å²) in [4.78, 5) is 10.8. The summed E-state index contributed by atoms with van der Waals surface area (Å²) in [6, 6.07) is 5.13. The fourth-order valence-electron chi connectivity index (χ4n) is 1.18. The number of carbonyl (C=O) groups is 1. The van der Waals surface area contributed by atoms with Gasteiger partial charge in [0.1, 0.15) is 0 Å². The van der Waals surface area contributed by atoms with E-state index in [1.165, 1.54) is 0 Å². The highest BCUT2D eigenvalue weighted by Crippen LogP contribution is 2.16. The maximum absolute atomic E-state index is 10.8. The second-order valence-electron chi connectivity index (χ2n) is 3.00. The van der Waals surface area contributed by atoms with Gasteiger partial charge in [0, 0.05) is 12.2 Å². The number of carboxylic acids is 1. The predicted molar refractivity (Wildman–Crippen MR) is 53.7 cm³/mol. The number of aromatic carboxylic acids is 1. The van der Waals surface area contributed by atoms with Gasteiger partial charge in [0.25, 0.3) is 0 Å². The average molecular weight is 195 g/mol. The first-order valence-corrected chi connectivity index (χ1v) is 4.34. The molecule has 76 valence electrons. The molecule has 0 spiro atoms. The Balaban J connectivity index is 2.96. The molecule has 0 bridgehead atoms. The Morgan fingerprint density at radius 2 is 2.21 bits per heavy atom. The molecule has 0 amide bonds. The molecule has 0 heterocycles. The highest BCUT2D eigenvalue weighted by molar-refractivity contribution is 5.94. The highest BCUT2D eigenvalue weighted by atomic mass is 16.4. The molecule has 4 nitrogen and oxygen atoms in total. The third kappa shape index (κ3) is 2.47. The lowest BCUT2D eigenvalue weighted by Gasteiger charge is -2.08. The Morgan fingerprint density at radius 3 is 2.79 bits per heavy atom. The number of anilines is 1. The Kier molecular flexibility index (Phi) is 3.48. The van der Waals surface area contributed by atoms with Crippen molar-refractivity contribution in [2.45, 2.75) is 6.92 Å². The fraction of sp³-hybridized carbons (Fsp3) is 0.300. The van der Waals surface area contributed by atoms with Crippen molar-refractivity contribution < 1.29 is 15.0 Å². The van der Waals surface area contributed by atoms with E-state index in [1.54, 1.807) is 12.1 Å². The molecule has 0 aliphatic carbocycles. The lowest BCUT2D eigenvalue weighted by atomic mass is 10.1. The van der Waals surface area contributed by atoms with E-state index in [9.17, 15) is 4.79 Å². The van der Waals surface area contributed by atoms with Gasteiger partial charge in [0.05, 0.1) is 12.2 Å². The van der Waals surface area contributed by atoms with Crippen molar-refractivity contribution in [2.24, 2.45) is 0 Å². The number of aliphatic hydroxyl groups excluding tert-OH is 1. The number of carboxylic acid groups (broad SMARTS) is 1. The molecule has 0 saturated carbocycles. The van der Waals surface area contributed by atoms with Crippen LogP contribution in [0.5, 0.6) is 0 Å². The molecule has 0 aliphatic heterocycles. The summed E-state index contributed by atoms with van der Waals surface area (Å²) in [5.74, 6) is -0.964. The van der Waals surface area contributed by atoms with Crippen molar-refractivity contribution in [3.8, 4) is 0 Å². The molecule has 0 atom stereocenters. The highest BCUT2D eigenvalue weighted by Gasteiger charge is 2.08. The summed E-state index contributed by atoms with van der Waals surface area (Å²) in [7, 11) is 0. The SMILES string of the molecule is Cc1ccc(NCCO)c(C(=O)O)c1. The van der Waals surface area contributed by atoms with E-state index in [-0.39, 0.29) is 12.2 Å². The molecule has 1 aromatic carbocycles. The third-order valence-electron chi connectivity index (χ3n) is 1.83. The average Bonchev–Trinajstić information content (AvgIpc) is 2.15. The first kappa shape index (κ1) is 10.5. The molecule has 0 saturated heterocycles. The van der Waals surface area contributed by atoms with Gasteiger partial charge in [-0.15, -0.1) is 0 Å². The molecule has 3 N–H and O–H groups in total. The molecule has 14 heavy (non-hydrogen) atoms. The minimum absolute atomic E-state index is 0.0209. The Morgan fingerprint density at radius 1 is 1.50 bits per heavy atom. The third-order valence-corrected chi connectivity index (χ3v) is 1.83. The van der Waals surface area contributed by atoms with Crippen LogP contribution in [0.3, 0.4) is 0 Å². The van der Waals surface area contributed by atoms with E-state index in [4.69, 9.17) is 10.2 Å². The topological polar surface area (TPSA) is 69.6 Å². The van der Waals surface area contributed by atoms with Crippen molar-refractivity contribution in [3.63, 3.8) is 0 Å². The van der Waals surface area contributed by atoms with Crippen LogP contribution in [-0.4, -0.2) is 29.3 Å². The van der Waals surface area contributed by atoms with Crippen LogP contribution in [0.25, 0.3) is 0 Å². The summed E-state index contributed by atoms with van der Waals surface area (Å²) in [5, 5.41) is 20.3. The largest absolute Gasteiger partial charge is 0.478 e. The second-order valence-corrected chi connectivity index (χ2v) is 3.00. The maximum atomic E-state index is 10.8. The van der Waals surface area contributed by atoms with Crippen LogP contribution in [0.4, 0.5) is 5.69 Å². The van der Waals surface area contributed by atoms with Gasteiger partial charge in [-0.25, -0.2) is 4.79 Å². The lowest BCUT2D eigenvalue weighted by molar-refractivity contribution is 0.0697. The van der Waals surface area contributed by atoms with Crippen LogP contribution >= 0.6 is 0 Å². The molecule has 0 fully saturated rings. The molecule has 1 rings (SSSR count). The summed E-state index contributed by atoms with van der Waals surface area (Å²) in [6.45, 7) is 2.17. The molecule has 0 aromatic heterocycles. The number of nitrogens with one attached hydrogen (secondary N) is 1. The fourth-order valence-corrected chi connectivity index (χ4v) is 1.18. The first-order chi connectivity index (χ1) is 6.65. The minimum atomic E-state index is -0.964. The zero-order chi connectivity index (χ0) is 10.6. The number of benzene rings is 1. The van der Waals surface area contributed by atoms with Crippen LogP contribution < -0.4 is 5.32 Å². The van der Waals surface area contributed by atoms with Crippen molar-refractivity contribution in [1.82, 2.24) is 0 Å². The van der Waals surface area contributed by atoms with Gasteiger partial charge in [-0.2, -0.15) is 0 Å². The van der Waals surface area contributed by atoms with E-state index in [0.29, 0.717) is 12.2 Å². The summed E-state index contributed by atoms with van der Waals surface area (Å²) in [6.07, 6.45) is 0. The van der Waals surface area contributed by atoms with Crippen LogP contribution in [0.1, 0.15) is 15.9 Å². The molecular formula is C10H13NO3. The summed E-state index contributed by atoms with van der Waals surface area (Å²) < 4.78 is 0. The van der Waals surface area contributed by atoms with Gasteiger partial charge in [-0.3, -0.25) is 0 Å². The van der Waals surface area contributed by atoms with Crippen LogP contribution in [0.15, 0.2) is 18.2 Å². The molecule has 0 aliphatic rings. The van der Waals surface area contributed by atoms with Gasteiger partial charge < -0.3 is 15.5 Å². The lowest BCUT2D eigenvalue weighted by Crippen LogP contribution is -2.10. The molecule has 0 radical (unpaired) electrons. The Labute approximate surface area is 82.2 Å². The smallest absolute Gasteiger partial charge is 0.337 e. The van der Waals surface area contributed by atoms with E-state index in [1.807, 2.05) is 13.0 Å². The van der Waals surface area contributed by atoms with E-state index >= 15 is 0 Å². The van der Waals surface area contributed by atoms with Crippen LogP contribution in [0, 0.1) is 6.92 Å². The van der Waals surface area contributed by atoms with E-state index in [0.717, 1.165) is 5.56 Å². The first-order valence-electron chi connectivity index (χ1n) is 4.34. The van der Waals surface area contributed by atoms with Crippen molar-refractivity contribution in [2.75, 3.05) is 18.5 Å². The van der Waals surface area contributed by atoms with Crippen LogP contribution in [-0.2, 0) is 0 Å². The van der Waals surface area contributed by atoms with Gasteiger partial charge in [0.2, 0.25) is 0 Å². The number of aryl methyl sites for hydroxylation is 1. The summed E-state index contributed by atoms with van der Waals surface area (Å²) >= 11 is 0. The predicted octanol–water partition coefficient (Wildman–Crippen LogP) is 1.10. The molecule has 1 aromatic rings. The molecular weight excluding hydrogens is 182 g/mol. The Hall–Kier alpha value is -1.55. The normalized spacial score (nSPS) is 9.86. The van der Waals surface area contributed by atoms with Gasteiger partial charge in [-0.1, -0.05) is 11.6 Å². The van der Waals surface area contributed by atoms with Gasteiger partial charge in [0.15, 0.2) is 0 Å². The second kappa shape index (κ2) is 4.62. The van der Waals surface area contributed by atoms with E-state index in [2.05, 4.69) is 5.32 Å². The van der Waals surface area contributed by atoms with E-state index < -0.39 is 5.97 Å². The van der Waals surface area contributed by atoms with Gasteiger partial charge in [-0.05, 0) is 19.1 Å². The van der Waals surface area contributed by atoms with Gasteiger partial charge >= 0.3 is 5.97 Å². The quantitative estimate of drug-likeness (QED) is 0.672. The Bertz CT molecular complexity index is 336. The zero-order valence-corrected chi connectivity index (χ0v) is 7.95. The van der Waals surface area contributed by atoms with Crippen molar-refractivity contribution in [1.29, 1.82) is 0 Å². The maximum Gasteiger partial charge on any atom is 0.337 e. The number of hydrogen-bond acceptors (Lipinski definition) is 3. The summed E-state index contributed by atoms with van der Waals surface area (Å²) in [5.41, 5.74) is 1.67. The molecule has 0 unspecified atom stereocenters. The zero-order valence-electron chi connectivity index (χ0n) is 7.95. The standard InChI is InChI=1S/C10H13NO3/c1-7-2-3-9(11-4-5-12)8(6-7)10(13)14/h2-3,6,11-12H,4-5H2,1H3,(H,13,14). The monoisotopic (exact) mass is 195 g/mol. The van der Waals surface area contributed by atoms with Crippen molar-refractivity contribution in [3.05, 3.63) is 29.3 Å². The number of hydrogen-bond donors (Lipinski definition) is 3.